The van der Waals surface area contributed by atoms with Gasteiger partial charge in [-0.3, -0.25) is 4.68 Å². The Kier molecular flexibility index (Phi) is 4.61. The predicted octanol–water partition coefficient (Wildman–Crippen LogP) is 3.43. The van der Waals surface area contributed by atoms with Crippen LogP contribution in [0.5, 0.6) is 0 Å². The van der Waals surface area contributed by atoms with Gasteiger partial charge in [0, 0.05) is 18.3 Å². The van der Waals surface area contributed by atoms with Crippen LogP contribution in [0.25, 0.3) is 0 Å². The standard InChI is InChI=1S/C17H25N3/c1-6-9-18-17(16-11-19-20(5)14(16)4)15-8-7-12(2)13(3)10-15/h7-8,10-11,17-18H,6,9H2,1-5H3. The summed E-state index contributed by atoms with van der Waals surface area (Å²) in [5, 5.41) is 8.04. The minimum atomic E-state index is 0.225. The van der Waals surface area contributed by atoms with Crippen molar-refractivity contribution in [3.8, 4) is 0 Å². The highest BCUT2D eigenvalue weighted by atomic mass is 15.3. The number of nitrogens with zero attached hydrogens (tertiary/aromatic N) is 2. The van der Waals surface area contributed by atoms with Gasteiger partial charge in [0.05, 0.1) is 12.2 Å². The maximum Gasteiger partial charge on any atom is 0.0610 e. The van der Waals surface area contributed by atoms with Crippen molar-refractivity contribution in [2.45, 2.75) is 40.2 Å². The van der Waals surface area contributed by atoms with Gasteiger partial charge in [0.1, 0.15) is 0 Å². The van der Waals surface area contributed by atoms with Crippen LogP contribution in [0.3, 0.4) is 0 Å². The minimum Gasteiger partial charge on any atom is -0.306 e. The maximum absolute atomic E-state index is 4.39. The number of nitrogens with one attached hydrogen (secondary N) is 1. The lowest BCUT2D eigenvalue weighted by Crippen LogP contribution is -2.23. The summed E-state index contributed by atoms with van der Waals surface area (Å²) in [4.78, 5) is 0. The molecule has 0 aliphatic carbocycles. The van der Waals surface area contributed by atoms with Gasteiger partial charge < -0.3 is 5.32 Å². The molecular weight excluding hydrogens is 246 g/mol. The summed E-state index contributed by atoms with van der Waals surface area (Å²) in [6, 6.07) is 6.94. The van der Waals surface area contributed by atoms with Gasteiger partial charge in [-0.25, -0.2) is 0 Å². The van der Waals surface area contributed by atoms with Crippen molar-refractivity contribution >= 4 is 0 Å². The normalized spacial score (nSPS) is 12.7. The molecule has 3 nitrogen and oxygen atoms in total. The first kappa shape index (κ1) is 14.8. The zero-order chi connectivity index (χ0) is 14.7. The highest BCUT2D eigenvalue weighted by molar-refractivity contribution is 5.37. The molecule has 1 aromatic heterocycles. The van der Waals surface area contributed by atoms with E-state index in [0.29, 0.717) is 0 Å². The molecule has 0 aliphatic heterocycles. The van der Waals surface area contributed by atoms with Crippen molar-refractivity contribution in [1.29, 1.82) is 0 Å². The first-order chi connectivity index (χ1) is 9.54. The molecule has 0 bridgehead atoms. The van der Waals surface area contributed by atoms with Gasteiger partial charge in [-0.1, -0.05) is 25.1 Å². The molecule has 2 aromatic rings. The minimum absolute atomic E-state index is 0.225. The Morgan fingerprint density at radius 1 is 1.20 bits per heavy atom. The summed E-state index contributed by atoms with van der Waals surface area (Å²) in [7, 11) is 2.00. The number of aryl methyl sites for hydroxylation is 3. The van der Waals surface area contributed by atoms with Crippen LogP contribution in [-0.2, 0) is 7.05 Å². The van der Waals surface area contributed by atoms with Crippen LogP contribution in [-0.4, -0.2) is 16.3 Å². The molecule has 0 amide bonds. The van der Waals surface area contributed by atoms with Gasteiger partial charge in [0.25, 0.3) is 0 Å². The van der Waals surface area contributed by atoms with E-state index in [1.165, 1.54) is 27.9 Å². The molecule has 1 N–H and O–H groups in total. The topological polar surface area (TPSA) is 29.9 Å². The van der Waals surface area contributed by atoms with Crippen LogP contribution < -0.4 is 5.32 Å². The van der Waals surface area contributed by atoms with Gasteiger partial charge in [0.15, 0.2) is 0 Å². The summed E-state index contributed by atoms with van der Waals surface area (Å²) >= 11 is 0. The average molecular weight is 271 g/mol. The molecule has 0 saturated heterocycles. The fourth-order valence-electron chi connectivity index (χ4n) is 2.44. The average Bonchev–Trinajstić information content (AvgIpc) is 2.75. The van der Waals surface area contributed by atoms with Crippen LogP contribution in [0, 0.1) is 20.8 Å². The Hall–Kier alpha value is -1.61. The molecule has 3 heteroatoms. The largest absolute Gasteiger partial charge is 0.306 e. The molecule has 20 heavy (non-hydrogen) atoms. The van der Waals surface area contributed by atoms with Crippen LogP contribution in [0.2, 0.25) is 0 Å². The molecule has 0 spiro atoms. The van der Waals surface area contributed by atoms with Crippen LogP contribution in [0.15, 0.2) is 24.4 Å². The van der Waals surface area contributed by atoms with Crippen LogP contribution in [0.4, 0.5) is 0 Å². The lowest BCUT2D eigenvalue weighted by molar-refractivity contribution is 0.594. The molecule has 1 heterocycles. The quantitative estimate of drug-likeness (QED) is 0.903. The van der Waals surface area contributed by atoms with E-state index < -0.39 is 0 Å². The van der Waals surface area contributed by atoms with Crippen molar-refractivity contribution < 1.29 is 0 Å². The smallest absolute Gasteiger partial charge is 0.0610 e. The number of hydrogen-bond donors (Lipinski definition) is 1. The third kappa shape index (κ3) is 2.93. The summed E-state index contributed by atoms with van der Waals surface area (Å²) < 4.78 is 1.94. The summed E-state index contributed by atoms with van der Waals surface area (Å²) in [5.41, 5.74) is 6.48. The second-order valence-corrected chi connectivity index (χ2v) is 5.54. The zero-order valence-electron chi connectivity index (χ0n) is 13.2. The monoisotopic (exact) mass is 271 g/mol. The zero-order valence-corrected chi connectivity index (χ0v) is 13.2. The first-order valence-corrected chi connectivity index (χ1v) is 7.33. The van der Waals surface area contributed by atoms with Gasteiger partial charge in [-0.05, 0) is 50.4 Å². The van der Waals surface area contributed by atoms with Gasteiger partial charge in [-0.15, -0.1) is 0 Å². The van der Waals surface area contributed by atoms with Gasteiger partial charge in [-0.2, -0.15) is 5.10 Å². The molecular formula is C17H25N3. The molecule has 0 radical (unpaired) electrons. The molecule has 108 valence electrons. The fraction of sp³-hybridized carbons (Fsp3) is 0.471. The number of benzene rings is 1. The van der Waals surface area contributed by atoms with Crippen LogP contribution >= 0.6 is 0 Å². The third-order valence-corrected chi connectivity index (χ3v) is 4.05. The van der Waals surface area contributed by atoms with Gasteiger partial charge in [0.2, 0.25) is 0 Å². The van der Waals surface area contributed by atoms with E-state index in [-0.39, 0.29) is 6.04 Å². The molecule has 2 rings (SSSR count). The Balaban J connectivity index is 2.41. The number of aromatic nitrogens is 2. The van der Waals surface area contributed by atoms with Crippen molar-refractivity contribution in [2.75, 3.05) is 6.54 Å². The molecule has 1 unspecified atom stereocenters. The van der Waals surface area contributed by atoms with Crippen molar-refractivity contribution in [2.24, 2.45) is 7.05 Å². The second-order valence-electron chi connectivity index (χ2n) is 5.54. The van der Waals surface area contributed by atoms with Gasteiger partial charge >= 0.3 is 0 Å². The van der Waals surface area contributed by atoms with E-state index in [2.05, 4.69) is 56.3 Å². The summed E-state index contributed by atoms with van der Waals surface area (Å²) in [6.07, 6.45) is 3.11. The van der Waals surface area contributed by atoms with E-state index >= 15 is 0 Å². The van der Waals surface area contributed by atoms with Crippen LogP contribution in [0.1, 0.15) is 47.3 Å². The second kappa shape index (κ2) is 6.23. The van der Waals surface area contributed by atoms with Crippen molar-refractivity contribution in [3.05, 3.63) is 52.3 Å². The Bertz CT molecular complexity index is 584. The highest BCUT2D eigenvalue weighted by Crippen LogP contribution is 2.26. The number of rotatable bonds is 5. The Morgan fingerprint density at radius 3 is 2.50 bits per heavy atom. The first-order valence-electron chi connectivity index (χ1n) is 7.33. The molecule has 0 saturated carbocycles. The highest BCUT2D eigenvalue weighted by Gasteiger charge is 2.18. The Morgan fingerprint density at radius 2 is 1.95 bits per heavy atom. The molecule has 0 fully saturated rings. The Labute approximate surface area is 122 Å². The SMILES string of the molecule is CCCNC(c1ccc(C)c(C)c1)c1cnn(C)c1C. The third-order valence-electron chi connectivity index (χ3n) is 4.05. The lowest BCUT2D eigenvalue weighted by Gasteiger charge is -2.20. The van der Waals surface area contributed by atoms with Crippen molar-refractivity contribution in [3.63, 3.8) is 0 Å². The lowest BCUT2D eigenvalue weighted by atomic mass is 9.96. The van der Waals surface area contributed by atoms with E-state index in [1.807, 2.05) is 17.9 Å². The molecule has 0 aliphatic rings. The van der Waals surface area contributed by atoms with E-state index in [4.69, 9.17) is 0 Å². The summed E-state index contributed by atoms with van der Waals surface area (Å²) in [5.74, 6) is 0. The van der Waals surface area contributed by atoms with E-state index in [1.54, 1.807) is 0 Å². The van der Waals surface area contributed by atoms with E-state index in [0.717, 1.165) is 13.0 Å². The van der Waals surface area contributed by atoms with E-state index in [9.17, 15) is 0 Å². The fourth-order valence-corrected chi connectivity index (χ4v) is 2.44. The molecule has 1 aromatic carbocycles. The summed E-state index contributed by atoms with van der Waals surface area (Å²) in [6.45, 7) is 9.66. The predicted molar refractivity (Wildman–Crippen MR) is 84.0 cm³/mol. The van der Waals surface area contributed by atoms with Crippen molar-refractivity contribution in [1.82, 2.24) is 15.1 Å². The maximum atomic E-state index is 4.39. The molecule has 1 atom stereocenters. The number of hydrogen-bond acceptors (Lipinski definition) is 2.